The van der Waals surface area contributed by atoms with Crippen molar-refractivity contribution in [2.45, 2.75) is 32.1 Å². The summed E-state index contributed by atoms with van der Waals surface area (Å²) < 4.78 is 4.38. The van der Waals surface area contributed by atoms with E-state index >= 15 is 0 Å². The van der Waals surface area contributed by atoms with Gasteiger partial charge in [0.1, 0.15) is 0 Å². The fraction of sp³-hybridized carbons (Fsp3) is 0.700. The first-order valence-corrected chi connectivity index (χ1v) is 4.39. The van der Waals surface area contributed by atoms with Crippen molar-refractivity contribution in [2.24, 2.45) is 5.92 Å². The first kappa shape index (κ1) is 9.12. The molecule has 1 aliphatic rings. The van der Waals surface area contributed by atoms with Gasteiger partial charge in [0.05, 0.1) is 7.11 Å². The second kappa shape index (κ2) is 4.82. The Morgan fingerprint density at radius 3 is 2.92 bits per heavy atom. The van der Waals surface area contributed by atoms with Crippen molar-refractivity contribution in [1.82, 2.24) is 0 Å². The first-order valence-electron chi connectivity index (χ1n) is 4.39. The smallest absolute Gasteiger partial charge is 0.384 e. The molecule has 1 fully saturated rings. The molecule has 0 aromatic rings. The highest BCUT2D eigenvalue weighted by molar-refractivity contribution is 5.88. The summed E-state index contributed by atoms with van der Waals surface area (Å²) in [5.41, 5.74) is 0. The molecule has 1 saturated carbocycles. The van der Waals surface area contributed by atoms with Gasteiger partial charge in [0.25, 0.3) is 0 Å². The highest BCUT2D eigenvalue weighted by Crippen LogP contribution is 2.33. The van der Waals surface area contributed by atoms with Crippen molar-refractivity contribution in [3.63, 3.8) is 0 Å². The molecule has 0 amide bonds. The van der Waals surface area contributed by atoms with Crippen molar-refractivity contribution in [3.05, 3.63) is 0 Å². The van der Waals surface area contributed by atoms with Gasteiger partial charge in [-0.05, 0) is 18.8 Å². The molecule has 1 aliphatic carbocycles. The van der Waals surface area contributed by atoms with Crippen LogP contribution in [-0.2, 0) is 9.53 Å². The van der Waals surface area contributed by atoms with Gasteiger partial charge in [0, 0.05) is 12.3 Å². The molecule has 2 nitrogen and oxygen atoms in total. The fourth-order valence-electron chi connectivity index (χ4n) is 1.07. The molecule has 0 N–H and O–H groups in total. The van der Waals surface area contributed by atoms with Crippen LogP contribution in [0.4, 0.5) is 0 Å². The van der Waals surface area contributed by atoms with Crippen molar-refractivity contribution in [2.75, 3.05) is 7.11 Å². The lowest BCUT2D eigenvalue weighted by Crippen LogP contribution is -1.94. The molecule has 2 heteroatoms. The second-order valence-electron chi connectivity index (χ2n) is 3.13. The van der Waals surface area contributed by atoms with Gasteiger partial charge in [0.2, 0.25) is 0 Å². The number of hydrogen-bond acceptors (Lipinski definition) is 2. The lowest BCUT2D eigenvalue weighted by molar-refractivity contribution is -0.133. The van der Waals surface area contributed by atoms with Crippen LogP contribution in [0.25, 0.3) is 0 Å². The van der Waals surface area contributed by atoms with Gasteiger partial charge in [-0.25, -0.2) is 4.79 Å². The number of rotatable bonds is 3. The number of unbranched alkanes of at least 4 members (excludes halogenated alkanes) is 1. The standard InChI is InChI=1S/C10H14O2/c1-12-10(11)6-4-2-3-5-9-7-8-9/h9H,2-3,5,7-8H2,1H3. The van der Waals surface area contributed by atoms with E-state index in [0.717, 1.165) is 18.8 Å². The van der Waals surface area contributed by atoms with Gasteiger partial charge in [-0.1, -0.05) is 18.8 Å². The van der Waals surface area contributed by atoms with Crippen LogP contribution >= 0.6 is 0 Å². The molecule has 0 aliphatic heterocycles. The molecule has 0 radical (unpaired) electrons. The zero-order valence-corrected chi connectivity index (χ0v) is 7.43. The molecule has 1 rings (SSSR count). The summed E-state index contributed by atoms with van der Waals surface area (Å²) in [4.78, 5) is 10.5. The molecule has 0 aromatic heterocycles. The molecule has 0 bridgehead atoms. The monoisotopic (exact) mass is 166 g/mol. The molecule has 0 spiro atoms. The quantitative estimate of drug-likeness (QED) is 0.276. The van der Waals surface area contributed by atoms with E-state index < -0.39 is 5.97 Å². The Kier molecular flexibility index (Phi) is 3.66. The molecule has 0 saturated heterocycles. The number of ether oxygens (including phenoxy) is 1. The number of methoxy groups -OCH3 is 1. The average Bonchev–Trinajstić information content (AvgIpc) is 2.87. The SMILES string of the molecule is COC(=O)C#CCCCC1CC1. The summed E-state index contributed by atoms with van der Waals surface area (Å²) in [6, 6.07) is 0. The van der Waals surface area contributed by atoms with Crippen LogP contribution < -0.4 is 0 Å². The fourth-order valence-corrected chi connectivity index (χ4v) is 1.07. The summed E-state index contributed by atoms with van der Waals surface area (Å²) in [5, 5.41) is 0. The van der Waals surface area contributed by atoms with Crippen LogP contribution in [0.15, 0.2) is 0 Å². The maximum atomic E-state index is 10.5. The van der Waals surface area contributed by atoms with Gasteiger partial charge >= 0.3 is 5.97 Å². The van der Waals surface area contributed by atoms with E-state index in [4.69, 9.17) is 0 Å². The zero-order chi connectivity index (χ0) is 8.81. The Morgan fingerprint density at radius 2 is 2.33 bits per heavy atom. The maximum Gasteiger partial charge on any atom is 0.384 e. The molecule has 0 heterocycles. The van der Waals surface area contributed by atoms with E-state index in [-0.39, 0.29) is 0 Å². The number of carbonyl (C=O) groups excluding carboxylic acids is 1. The van der Waals surface area contributed by atoms with Gasteiger partial charge < -0.3 is 4.74 Å². The Bertz CT molecular complexity index is 206. The lowest BCUT2D eigenvalue weighted by atomic mass is 10.2. The van der Waals surface area contributed by atoms with Crippen LogP contribution in [0.1, 0.15) is 32.1 Å². The predicted molar refractivity (Wildman–Crippen MR) is 46.4 cm³/mol. The molecule has 0 unspecified atom stereocenters. The largest absolute Gasteiger partial charge is 0.459 e. The Labute approximate surface area is 73.3 Å². The maximum absolute atomic E-state index is 10.5. The summed E-state index contributed by atoms with van der Waals surface area (Å²) in [7, 11) is 1.35. The topological polar surface area (TPSA) is 26.3 Å². The van der Waals surface area contributed by atoms with Crippen molar-refractivity contribution < 1.29 is 9.53 Å². The Balaban J connectivity index is 1.97. The third kappa shape index (κ3) is 4.02. The molecular formula is C10H14O2. The Morgan fingerprint density at radius 1 is 1.58 bits per heavy atom. The van der Waals surface area contributed by atoms with Crippen molar-refractivity contribution >= 4 is 5.97 Å². The van der Waals surface area contributed by atoms with Crippen LogP contribution in [-0.4, -0.2) is 13.1 Å². The first-order chi connectivity index (χ1) is 5.83. The average molecular weight is 166 g/mol. The van der Waals surface area contributed by atoms with Gasteiger partial charge in [0.15, 0.2) is 0 Å². The number of carbonyl (C=O) groups is 1. The van der Waals surface area contributed by atoms with E-state index in [1.54, 1.807) is 0 Å². The highest BCUT2D eigenvalue weighted by atomic mass is 16.5. The minimum Gasteiger partial charge on any atom is -0.459 e. The molecule has 0 atom stereocenters. The van der Waals surface area contributed by atoms with Crippen LogP contribution in [0, 0.1) is 17.8 Å². The molecular weight excluding hydrogens is 152 g/mol. The minimum atomic E-state index is -0.429. The third-order valence-corrected chi connectivity index (χ3v) is 1.99. The second-order valence-corrected chi connectivity index (χ2v) is 3.13. The summed E-state index contributed by atoms with van der Waals surface area (Å²) >= 11 is 0. The predicted octanol–water partition coefficient (Wildman–Crippen LogP) is 1.74. The van der Waals surface area contributed by atoms with E-state index in [9.17, 15) is 4.79 Å². The van der Waals surface area contributed by atoms with Crippen LogP contribution in [0.2, 0.25) is 0 Å². The van der Waals surface area contributed by atoms with Crippen LogP contribution in [0.3, 0.4) is 0 Å². The summed E-state index contributed by atoms with van der Waals surface area (Å²) in [5.74, 6) is 5.74. The van der Waals surface area contributed by atoms with Gasteiger partial charge in [-0.3, -0.25) is 0 Å². The third-order valence-electron chi connectivity index (χ3n) is 1.99. The van der Waals surface area contributed by atoms with Crippen LogP contribution in [0.5, 0.6) is 0 Å². The number of esters is 1. The molecule has 0 aromatic carbocycles. The van der Waals surface area contributed by atoms with E-state index in [0.29, 0.717) is 0 Å². The minimum absolute atomic E-state index is 0.429. The van der Waals surface area contributed by atoms with Gasteiger partial charge in [-0.15, -0.1) is 0 Å². The lowest BCUT2D eigenvalue weighted by Gasteiger charge is -1.90. The van der Waals surface area contributed by atoms with E-state index in [2.05, 4.69) is 16.6 Å². The molecule has 12 heavy (non-hydrogen) atoms. The van der Waals surface area contributed by atoms with E-state index in [1.165, 1.54) is 26.4 Å². The Hall–Kier alpha value is -0.970. The number of hydrogen-bond donors (Lipinski definition) is 0. The normalized spacial score (nSPS) is 14.8. The highest BCUT2D eigenvalue weighted by Gasteiger charge is 2.19. The van der Waals surface area contributed by atoms with Crippen molar-refractivity contribution in [1.29, 1.82) is 0 Å². The van der Waals surface area contributed by atoms with Crippen molar-refractivity contribution in [3.8, 4) is 11.8 Å². The van der Waals surface area contributed by atoms with Gasteiger partial charge in [-0.2, -0.15) is 0 Å². The molecule has 66 valence electrons. The van der Waals surface area contributed by atoms with E-state index in [1.807, 2.05) is 0 Å². The summed E-state index contributed by atoms with van der Waals surface area (Å²) in [6.45, 7) is 0. The summed E-state index contributed by atoms with van der Waals surface area (Å²) in [6.07, 6.45) is 6.00. The zero-order valence-electron chi connectivity index (χ0n) is 7.43.